The van der Waals surface area contributed by atoms with Crippen LogP contribution in [0.5, 0.6) is 0 Å². The lowest BCUT2D eigenvalue weighted by molar-refractivity contribution is 0.633. The van der Waals surface area contributed by atoms with Crippen LogP contribution in [0.1, 0.15) is 5.56 Å². The lowest BCUT2D eigenvalue weighted by atomic mass is 10.1. The topological polar surface area (TPSA) is 0 Å². The third-order valence-corrected chi connectivity index (χ3v) is 28.1. The Bertz CT molecular complexity index is 599. The van der Waals surface area contributed by atoms with Gasteiger partial charge in [-0.15, -0.1) is 0 Å². The molecule has 0 bridgehead atoms. The van der Waals surface area contributed by atoms with Crippen LogP contribution in [-0.4, -0.2) is 15.1 Å². The highest BCUT2D eigenvalue weighted by molar-refractivity contribution is 9.42. The molecule has 0 aromatic heterocycles. The molecular weight excluding hydrogens is 1180 g/mol. The van der Waals surface area contributed by atoms with Gasteiger partial charge < -0.3 is 0 Å². The summed E-state index contributed by atoms with van der Waals surface area (Å²) in [7, 11) is 0. The van der Waals surface area contributed by atoms with Gasteiger partial charge in [-0.3, -0.25) is 0 Å². The standard InChI is InChI=1S/C12H4Br13/c13-7(14,6-4-2-1-3-5-6)8(15,16)9(17,18)10(19,20)11(21,22)12(23,24)25/h2-5H. The fourth-order valence-corrected chi connectivity index (χ4v) is 12.4. The van der Waals surface area contributed by atoms with E-state index in [1.165, 1.54) is 0 Å². The van der Waals surface area contributed by atoms with Crippen LogP contribution in [0, 0.1) is 6.07 Å². The molecular formula is C12H4Br13. The number of halogens is 13. The zero-order valence-corrected chi connectivity index (χ0v) is 31.8. The molecule has 0 heterocycles. The van der Waals surface area contributed by atoms with E-state index in [1.54, 1.807) is 0 Å². The second kappa shape index (κ2) is 9.75. The van der Waals surface area contributed by atoms with Gasteiger partial charge in [-0.2, -0.15) is 0 Å². The van der Waals surface area contributed by atoms with E-state index in [4.69, 9.17) is 0 Å². The van der Waals surface area contributed by atoms with Gasteiger partial charge in [-0.1, -0.05) is 231 Å². The molecule has 0 saturated heterocycles. The summed E-state index contributed by atoms with van der Waals surface area (Å²) in [6.45, 7) is 0. The maximum atomic E-state index is 3.83. The summed E-state index contributed by atoms with van der Waals surface area (Å²) in [4.78, 5) is 0. The molecule has 143 valence electrons. The van der Waals surface area contributed by atoms with Gasteiger partial charge in [0.05, 0.1) is 0 Å². The molecule has 0 nitrogen and oxygen atoms in total. The molecule has 0 saturated carbocycles. The first-order valence-electron chi connectivity index (χ1n) is 5.78. The predicted molar refractivity (Wildman–Crippen MR) is 157 cm³/mol. The molecule has 25 heavy (non-hydrogen) atoms. The van der Waals surface area contributed by atoms with Gasteiger partial charge in [0.2, 0.25) is 0 Å². The van der Waals surface area contributed by atoms with Gasteiger partial charge in [0, 0.05) is 0 Å². The number of alkyl halides is 13. The van der Waals surface area contributed by atoms with Crippen molar-refractivity contribution >= 4 is 207 Å². The fourth-order valence-electron chi connectivity index (χ4n) is 1.55. The monoisotopic (exact) mass is 1170 g/mol. The molecule has 0 N–H and O–H groups in total. The first-order valence-corrected chi connectivity index (χ1v) is 16.1. The molecule has 0 amide bonds. The fraction of sp³-hybridized carbons (Fsp3) is 0.500. The summed E-state index contributed by atoms with van der Waals surface area (Å²) < 4.78 is -4.83. The Balaban J connectivity index is 3.54. The molecule has 0 spiro atoms. The van der Waals surface area contributed by atoms with Crippen LogP contribution >= 0.6 is 207 Å². The van der Waals surface area contributed by atoms with Crippen molar-refractivity contribution in [1.82, 2.24) is 0 Å². The Labute approximate surface area is 256 Å². The van der Waals surface area contributed by atoms with Crippen molar-refractivity contribution in [2.45, 2.75) is 18.3 Å². The third kappa shape index (κ3) is 5.35. The first kappa shape index (κ1) is 28.5. The minimum Gasteiger partial charge on any atom is -0.0675 e. The van der Waals surface area contributed by atoms with E-state index >= 15 is 0 Å². The zero-order valence-electron chi connectivity index (χ0n) is 11.2. The minimum absolute atomic E-state index is 0.723. The quantitative estimate of drug-likeness (QED) is 0.258. The number of benzene rings is 1. The van der Waals surface area contributed by atoms with E-state index in [1.807, 2.05) is 24.3 Å². The molecule has 13 heteroatoms. The van der Waals surface area contributed by atoms with Gasteiger partial charge in [-0.25, -0.2) is 0 Å². The largest absolute Gasteiger partial charge is 0.162 e. The van der Waals surface area contributed by atoms with E-state index in [-0.39, 0.29) is 0 Å². The summed E-state index contributed by atoms with van der Waals surface area (Å²) in [6, 6.07) is 10.6. The van der Waals surface area contributed by atoms with Crippen LogP contribution in [0.25, 0.3) is 0 Å². The highest BCUT2D eigenvalue weighted by Gasteiger charge is 2.73. The molecule has 0 aliphatic heterocycles. The second-order valence-corrected chi connectivity index (χ2v) is 28.6. The van der Waals surface area contributed by atoms with E-state index < -0.39 is 18.3 Å². The van der Waals surface area contributed by atoms with Gasteiger partial charge >= 0.3 is 0 Å². The van der Waals surface area contributed by atoms with Crippen LogP contribution < -0.4 is 0 Å². The summed E-state index contributed by atoms with van der Waals surface area (Å²) in [5, 5.41) is 0. The predicted octanol–water partition coefficient (Wildman–Crippen LogP) is 11.2. The first-order chi connectivity index (χ1) is 10.9. The van der Waals surface area contributed by atoms with Crippen LogP contribution in [0.2, 0.25) is 0 Å². The average molecular weight is 1190 g/mol. The minimum atomic E-state index is -0.875. The van der Waals surface area contributed by atoms with Crippen molar-refractivity contribution in [3.8, 4) is 0 Å². The molecule has 0 aliphatic carbocycles. The maximum absolute atomic E-state index is 3.83. The van der Waals surface area contributed by atoms with Gasteiger partial charge in [0.25, 0.3) is 0 Å². The maximum Gasteiger partial charge on any atom is 0.162 e. The lowest BCUT2D eigenvalue weighted by Gasteiger charge is -2.54. The van der Waals surface area contributed by atoms with Crippen LogP contribution in [0.15, 0.2) is 24.3 Å². The van der Waals surface area contributed by atoms with E-state index in [2.05, 4.69) is 213 Å². The van der Waals surface area contributed by atoms with E-state index in [0.29, 0.717) is 0 Å². The lowest BCUT2D eigenvalue weighted by Crippen LogP contribution is -2.62. The average Bonchev–Trinajstić information content (AvgIpc) is 2.46. The number of hydrogen-bond acceptors (Lipinski definition) is 0. The van der Waals surface area contributed by atoms with Crippen molar-refractivity contribution in [1.29, 1.82) is 0 Å². The molecule has 0 aliphatic rings. The number of rotatable bonds is 5. The zero-order chi connectivity index (χ0) is 20.1. The summed E-state index contributed by atoms with van der Waals surface area (Å²) in [6.07, 6.45) is 0. The Morgan fingerprint density at radius 1 is 0.520 bits per heavy atom. The van der Waals surface area contributed by atoms with Crippen molar-refractivity contribution in [2.75, 3.05) is 0 Å². The van der Waals surface area contributed by atoms with Gasteiger partial charge in [0.15, 0.2) is 2.14 Å². The molecule has 1 rings (SSSR count). The Morgan fingerprint density at radius 3 is 1.24 bits per heavy atom. The van der Waals surface area contributed by atoms with E-state index in [0.717, 1.165) is 5.56 Å². The molecule has 0 atom stereocenters. The number of hydrogen-bond donors (Lipinski definition) is 0. The Morgan fingerprint density at radius 2 is 0.880 bits per heavy atom. The highest BCUT2D eigenvalue weighted by atomic mass is 80.0. The highest BCUT2D eigenvalue weighted by Crippen LogP contribution is 2.75. The van der Waals surface area contributed by atoms with Crippen LogP contribution in [-0.2, 0) is 3.23 Å². The SMILES string of the molecule is BrC(Br)(Br)C(Br)(Br)C(Br)(Br)C(Br)(Br)C(Br)(Br)C(Br)(Br)c1cc[c]cc1. The smallest absolute Gasteiger partial charge is 0.0675 e. The molecule has 0 fully saturated rings. The third-order valence-electron chi connectivity index (χ3n) is 3.01. The molecule has 1 radical (unpaired) electrons. The Kier molecular flexibility index (Phi) is 11.1. The second-order valence-electron chi connectivity index (χ2n) is 4.66. The summed E-state index contributed by atoms with van der Waals surface area (Å²) in [5.41, 5.74) is 0.969. The molecule has 1 aromatic carbocycles. The summed E-state index contributed by atoms with van der Waals surface area (Å²) in [5.74, 6) is 0. The van der Waals surface area contributed by atoms with Crippen molar-refractivity contribution in [2.24, 2.45) is 0 Å². The normalized spacial score (nSPS) is 15.4. The van der Waals surface area contributed by atoms with E-state index in [9.17, 15) is 0 Å². The molecule has 1 aromatic rings. The van der Waals surface area contributed by atoms with Crippen LogP contribution in [0.4, 0.5) is 0 Å². The van der Waals surface area contributed by atoms with Crippen molar-refractivity contribution in [3.05, 3.63) is 35.9 Å². The summed E-state index contributed by atoms with van der Waals surface area (Å²) >= 11 is 48.6. The molecule has 0 unspecified atom stereocenters. The van der Waals surface area contributed by atoms with Gasteiger partial charge in [-0.05, 0) is 11.6 Å². The van der Waals surface area contributed by atoms with Crippen molar-refractivity contribution in [3.63, 3.8) is 0 Å². The Hall–Kier alpha value is 5.46. The van der Waals surface area contributed by atoms with Crippen LogP contribution in [0.3, 0.4) is 0 Å². The van der Waals surface area contributed by atoms with Crippen molar-refractivity contribution < 1.29 is 0 Å². The van der Waals surface area contributed by atoms with Gasteiger partial charge in [0.1, 0.15) is 16.2 Å².